The predicted molar refractivity (Wildman–Crippen MR) is 72.8 cm³/mol. The summed E-state index contributed by atoms with van der Waals surface area (Å²) in [4.78, 5) is 5.22. The number of nitrogens with zero attached hydrogens (tertiary/aromatic N) is 2. The van der Waals surface area contributed by atoms with Crippen molar-refractivity contribution in [2.24, 2.45) is 0 Å². The van der Waals surface area contributed by atoms with Gasteiger partial charge in [0, 0.05) is 12.6 Å². The van der Waals surface area contributed by atoms with Gasteiger partial charge in [-0.3, -0.25) is 0 Å². The first kappa shape index (κ1) is 14.3. The lowest BCUT2D eigenvalue weighted by Gasteiger charge is -2.26. The Bertz CT molecular complexity index is 220. The molecule has 0 bridgehead atoms. The molecule has 1 atom stereocenters. The monoisotopic (exact) mass is 256 g/mol. The maximum absolute atomic E-state index is 8.66. The van der Waals surface area contributed by atoms with Gasteiger partial charge < -0.3 is 19.6 Å². The summed E-state index contributed by atoms with van der Waals surface area (Å²) in [6.07, 6.45) is 6.81. The van der Waals surface area contributed by atoms with Crippen molar-refractivity contribution in [1.82, 2.24) is 9.80 Å². The molecule has 0 aliphatic carbocycles. The van der Waals surface area contributed by atoms with Gasteiger partial charge in [0.2, 0.25) is 0 Å². The van der Waals surface area contributed by atoms with Crippen LogP contribution in [0, 0.1) is 0 Å². The zero-order chi connectivity index (χ0) is 12.6. The summed E-state index contributed by atoms with van der Waals surface area (Å²) >= 11 is 0. The number of aliphatic hydroxyl groups is 1. The number of likely N-dealkylation sites (tertiary alicyclic amines) is 2. The summed E-state index contributed by atoms with van der Waals surface area (Å²) in [5.74, 6) is 0. The van der Waals surface area contributed by atoms with Gasteiger partial charge in [-0.2, -0.15) is 0 Å². The first-order valence-corrected chi connectivity index (χ1v) is 7.55. The van der Waals surface area contributed by atoms with E-state index < -0.39 is 0 Å². The Balaban J connectivity index is 1.64. The number of aliphatic hydroxyl groups excluding tert-OH is 1. The van der Waals surface area contributed by atoms with Gasteiger partial charge in [-0.15, -0.1) is 0 Å². The fourth-order valence-corrected chi connectivity index (χ4v) is 3.19. The van der Waals surface area contributed by atoms with Crippen molar-refractivity contribution in [3.8, 4) is 0 Å². The smallest absolute Gasteiger partial charge is 0.0698 e. The number of rotatable bonds is 6. The van der Waals surface area contributed by atoms with Gasteiger partial charge in [0.25, 0.3) is 0 Å². The fourth-order valence-electron chi connectivity index (χ4n) is 3.19. The lowest BCUT2D eigenvalue weighted by Crippen LogP contribution is -2.34. The van der Waals surface area contributed by atoms with Crippen LogP contribution in [0.3, 0.4) is 0 Å². The molecule has 1 N–H and O–H groups in total. The molecular formula is C14H28N2O2. The first-order valence-electron chi connectivity index (χ1n) is 7.55. The molecule has 4 heteroatoms. The molecule has 0 aromatic rings. The van der Waals surface area contributed by atoms with Crippen LogP contribution in [0.4, 0.5) is 0 Å². The third-order valence-corrected chi connectivity index (χ3v) is 4.23. The molecule has 0 aromatic heterocycles. The SMILES string of the molecule is OCCOCCN1CCCC(N2CCCC2)CC1. The molecule has 0 radical (unpaired) electrons. The highest BCUT2D eigenvalue weighted by Crippen LogP contribution is 2.21. The van der Waals surface area contributed by atoms with E-state index in [2.05, 4.69) is 9.80 Å². The lowest BCUT2D eigenvalue weighted by atomic mass is 10.1. The Morgan fingerprint density at radius 1 is 0.944 bits per heavy atom. The number of ether oxygens (including phenoxy) is 1. The lowest BCUT2D eigenvalue weighted by molar-refractivity contribution is 0.0738. The highest BCUT2D eigenvalue weighted by atomic mass is 16.5. The van der Waals surface area contributed by atoms with Crippen LogP contribution in [0.2, 0.25) is 0 Å². The summed E-state index contributed by atoms with van der Waals surface area (Å²) < 4.78 is 5.35. The third-order valence-electron chi connectivity index (χ3n) is 4.23. The van der Waals surface area contributed by atoms with Gasteiger partial charge in [-0.25, -0.2) is 0 Å². The van der Waals surface area contributed by atoms with Crippen molar-refractivity contribution >= 4 is 0 Å². The molecule has 2 saturated heterocycles. The molecule has 2 rings (SSSR count). The van der Waals surface area contributed by atoms with Crippen LogP contribution in [-0.2, 0) is 4.74 Å². The van der Waals surface area contributed by atoms with E-state index >= 15 is 0 Å². The van der Waals surface area contributed by atoms with Gasteiger partial charge in [0.15, 0.2) is 0 Å². The molecule has 2 fully saturated rings. The molecule has 106 valence electrons. The molecule has 0 saturated carbocycles. The van der Waals surface area contributed by atoms with Crippen molar-refractivity contribution < 1.29 is 9.84 Å². The maximum atomic E-state index is 8.66. The van der Waals surface area contributed by atoms with E-state index in [0.717, 1.165) is 19.2 Å². The summed E-state index contributed by atoms with van der Waals surface area (Å²) in [5.41, 5.74) is 0. The minimum atomic E-state index is 0.136. The molecule has 18 heavy (non-hydrogen) atoms. The first-order chi connectivity index (χ1) is 8.90. The highest BCUT2D eigenvalue weighted by Gasteiger charge is 2.24. The topological polar surface area (TPSA) is 35.9 Å². The van der Waals surface area contributed by atoms with Gasteiger partial charge in [0.1, 0.15) is 0 Å². The van der Waals surface area contributed by atoms with Gasteiger partial charge in [-0.1, -0.05) is 0 Å². The van der Waals surface area contributed by atoms with Crippen LogP contribution in [0.1, 0.15) is 32.1 Å². The van der Waals surface area contributed by atoms with Crippen LogP contribution in [0.15, 0.2) is 0 Å². The predicted octanol–water partition coefficient (Wildman–Crippen LogP) is 0.946. The maximum Gasteiger partial charge on any atom is 0.0698 e. The van der Waals surface area contributed by atoms with Crippen molar-refractivity contribution in [3.63, 3.8) is 0 Å². The Labute approximate surface area is 111 Å². The zero-order valence-electron chi connectivity index (χ0n) is 11.5. The van der Waals surface area contributed by atoms with E-state index in [0.29, 0.717) is 6.61 Å². The number of hydrogen-bond donors (Lipinski definition) is 1. The molecule has 2 heterocycles. The molecule has 2 aliphatic rings. The highest BCUT2D eigenvalue weighted by molar-refractivity contribution is 4.80. The normalized spacial score (nSPS) is 27.5. The Kier molecular flexibility index (Phi) is 6.41. The third kappa shape index (κ3) is 4.50. The average molecular weight is 256 g/mol. The molecular weight excluding hydrogens is 228 g/mol. The van der Waals surface area contributed by atoms with Crippen molar-refractivity contribution in [1.29, 1.82) is 0 Å². The van der Waals surface area contributed by atoms with Crippen molar-refractivity contribution in [2.45, 2.75) is 38.1 Å². The van der Waals surface area contributed by atoms with Crippen LogP contribution in [0.25, 0.3) is 0 Å². The van der Waals surface area contributed by atoms with E-state index in [1.165, 1.54) is 58.3 Å². The second-order valence-corrected chi connectivity index (χ2v) is 5.51. The Hall–Kier alpha value is -0.160. The number of hydrogen-bond acceptors (Lipinski definition) is 4. The van der Waals surface area contributed by atoms with E-state index in [1.807, 2.05) is 0 Å². The van der Waals surface area contributed by atoms with Gasteiger partial charge >= 0.3 is 0 Å². The summed E-state index contributed by atoms with van der Waals surface area (Å²) in [6, 6.07) is 0.830. The molecule has 0 amide bonds. The van der Waals surface area contributed by atoms with Crippen molar-refractivity contribution in [2.75, 3.05) is 52.5 Å². The van der Waals surface area contributed by atoms with Crippen LogP contribution >= 0.6 is 0 Å². The zero-order valence-corrected chi connectivity index (χ0v) is 11.5. The molecule has 4 nitrogen and oxygen atoms in total. The van der Waals surface area contributed by atoms with Crippen LogP contribution < -0.4 is 0 Å². The standard InChI is InChI=1S/C14H28N2O2/c17-11-13-18-12-10-15-6-3-4-14(5-9-15)16-7-1-2-8-16/h14,17H,1-13H2. The summed E-state index contributed by atoms with van der Waals surface area (Å²) in [5, 5.41) is 8.66. The van der Waals surface area contributed by atoms with E-state index in [-0.39, 0.29) is 6.61 Å². The summed E-state index contributed by atoms with van der Waals surface area (Å²) in [6.45, 7) is 7.47. The van der Waals surface area contributed by atoms with E-state index in [4.69, 9.17) is 9.84 Å². The Morgan fingerprint density at radius 3 is 2.56 bits per heavy atom. The van der Waals surface area contributed by atoms with Gasteiger partial charge in [-0.05, 0) is 58.3 Å². The van der Waals surface area contributed by atoms with Gasteiger partial charge in [0.05, 0.1) is 19.8 Å². The molecule has 0 spiro atoms. The molecule has 0 aromatic carbocycles. The summed E-state index contributed by atoms with van der Waals surface area (Å²) in [7, 11) is 0. The Morgan fingerprint density at radius 2 is 1.78 bits per heavy atom. The fraction of sp³-hybridized carbons (Fsp3) is 1.00. The molecule has 1 unspecified atom stereocenters. The second kappa shape index (κ2) is 8.10. The molecule has 2 aliphatic heterocycles. The van der Waals surface area contributed by atoms with Crippen LogP contribution in [-0.4, -0.2) is 73.5 Å². The second-order valence-electron chi connectivity index (χ2n) is 5.51. The van der Waals surface area contributed by atoms with Crippen molar-refractivity contribution in [3.05, 3.63) is 0 Å². The van der Waals surface area contributed by atoms with E-state index in [1.54, 1.807) is 0 Å². The minimum Gasteiger partial charge on any atom is -0.394 e. The minimum absolute atomic E-state index is 0.136. The van der Waals surface area contributed by atoms with E-state index in [9.17, 15) is 0 Å². The average Bonchev–Trinajstić information content (AvgIpc) is 2.82. The van der Waals surface area contributed by atoms with Crippen LogP contribution in [0.5, 0.6) is 0 Å². The largest absolute Gasteiger partial charge is 0.394 e. The quantitative estimate of drug-likeness (QED) is 0.718.